The third kappa shape index (κ3) is 3.33. The Bertz CT molecular complexity index is 977. The highest BCUT2D eigenvalue weighted by Crippen LogP contribution is 2.35. The van der Waals surface area contributed by atoms with Gasteiger partial charge in [-0.1, -0.05) is 15.9 Å². The molecule has 25 heavy (non-hydrogen) atoms. The number of rotatable bonds is 4. The van der Waals surface area contributed by atoms with Crippen molar-refractivity contribution < 1.29 is 9.52 Å². The highest BCUT2D eigenvalue weighted by Gasteiger charge is 2.17. The van der Waals surface area contributed by atoms with E-state index in [0.29, 0.717) is 21.0 Å². The Balaban J connectivity index is 2.16. The Hall–Kier alpha value is -1.79. The molecule has 0 saturated heterocycles. The average Bonchev–Trinajstić information content (AvgIpc) is 2.60. The molecule has 0 atom stereocenters. The lowest BCUT2D eigenvalue weighted by atomic mass is 10.1. The number of anilines is 1. The zero-order valence-electron chi connectivity index (χ0n) is 13.8. The van der Waals surface area contributed by atoms with E-state index < -0.39 is 5.43 Å². The van der Waals surface area contributed by atoms with Gasteiger partial charge in [0, 0.05) is 28.8 Å². The molecular weight excluding hydrogens is 450 g/mol. The fraction of sp³-hybridized carbons (Fsp3) is 0.211. The second-order valence-corrected chi connectivity index (χ2v) is 7.36. The lowest BCUT2D eigenvalue weighted by Crippen LogP contribution is -2.21. The summed E-state index contributed by atoms with van der Waals surface area (Å²) < 4.78 is 7.25. The van der Waals surface area contributed by atoms with Gasteiger partial charge in [-0.3, -0.25) is 4.79 Å². The Kier molecular flexibility index (Phi) is 5.20. The molecule has 6 heteroatoms. The van der Waals surface area contributed by atoms with Gasteiger partial charge in [-0.2, -0.15) is 0 Å². The molecule has 2 aromatic carbocycles. The minimum Gasteiger partial charge on any atom is -0.502 e. The number of nitrogens with zero attached hydrogens (tertiary/aromatic N) is 1. The van der Waals surface area contributed by atoms with Crippen LogP contribution in [0.1, 0.15) is 13.8 Å². The van der Waals surface area contributed by atoms with Crippen LogP contribution in [-0.4, -0.2) is 18.2 Å². The summed E-state index contributed by atoms with van der Waals surface area (Å²) in [5.74, 6) is -0.209. The molecule has 3 rings (SSSR count). The van der Waals surface area contributed by atoms with E-state index in [1.807, 2.05) is 24.3 Å². The molecule has 130 valence electrons. The Morgan fingerprint density at radius 3 is 2.32 bits per heavy atom. The number of hydrogen-bond acceptors (Lipinski definition) is 4. The summed E-state index contributed by atoms with van der Waals surface area (Å²) >= 11 is 6.76. The molecule has 0 bridgehead atoms. The predicted molar refractivity (Wildman–Crippen MR) is 109 cm³/mol. The van der Waals surface area contributed by atoms with Crippen LogP contribution in [0.2, 0.25) is 0 Å². The highest BCUT2D eigenvalue weighted by molar-refractivity contribution is 9.11. The molecule has 0 aliphatic rings. The highest BCUT2D eigenvalue weighted by atomic mass is 79.9. The Morgan fingerprint density at radius 1 is 1.08 bits per heavy atom. The molecule has 0 radical (unpaired) electrons. The van der Waals surface area contributed by atoms with Gasteiger partial charge in [0.05, 0.1) is 9.86 Å². The zero-order valence-corrected chi connectivity index (χ0v) is 17.0. The van der Waals surface area contributed by atoms with Crippen LogP contribution in [0.4, 0.5) is 5.69 Å². The van der Waals surface area contributed by atoms with Crippen molar-refractivity contribution in [3.8, 4) is 17.1 Å². The van der Waals surface area contributed by atoms with Gasteiger partial charge >= 0.3 is 0 Å². The van der Waals surface area contributed by atoms with Gasteiger partial charge in [-0.05, 0) is 66.2 Å². The summed E-state index contributed by atoms with van der Waals surface area (Å²) in [6.07, 6.45) is 0. The van der Waals surface area contributed by atoms with E-state index in [2.05, 4.69) is 50.6 Å². The first-order valence-corrected chi connectivity index (χ1v) is 9.55. The van der Waals surface area contributed by atoms with Crippen molar-refractivity contribution in [1.82, 2.24) is 0 Å². The number of benzene rings is 2. The second-order valence-electron chi connectivity index (χ2n) is 5.59. The van der Waals surface area contributed by atoms with E-state index in [9.17, 15) is 9.90 Å². The number of hydrogen-bond donors (Lipinski definition) is 1. The number of aromatic hydroxyl groups is 1. The molecule has 3 aromatic rings. The molecule has 0 aliphatic carbocycles. The van der Waals surface area contributed by atoms with E-state index in [-0.39, 0.29) is 11.5 Å². The molecule has 1 aromatic heterocycles. The molecule has 0 spiro atoms. The van der Waals surface area contributed by atoms with Crippen molar-refractivity contribution in [2.75, 3.05) is 18.0 Å². The summed E-state index contributed by atoms with van der Waals surface area (Å²) in [5, 5.41) is 10.7. The molecule has 1 N–H and O–H groups in total. The van der Waals surface area contributed by atoms with Crippen molar-refractivity contribution in [3.05, 3.63) is 55.6 Å². The Morgan fingerprint density at radius 2 is 1.72 bits per heavy atom. The van der Waals surface area contributed by atoms with Gasteiger partial charge in [0.15, 0.2) is 11.3 Å². The largest absolute Gasteiger partial charge is 0.502 e. The maximum absolute atomic E-state index is 12.5. The van der Waals surface area contributed by atoms with Gasteiger partial charge in [0.25, 0.3) is 0 Å². The van der Waals surface area contributed by atoms with Gasteiger partial charge in [-0.15, -0.1) is 0 Å². The Labute approximate surface area is 162 Å². The normalized spacial score (nSPS) is 11.0. The van der Waals surface area contributed by atoms with Crippen LogP contribution in [0.15, 0.2) is 54.6 Å². The third-order valence-corrected chi connectivity index (χ3v) is 5.19. The smallest absolute Gasteiger partial charge is 0.235 e. The average molecular weight is 467 g/mol. The van der Waals surface area contributed by atoms with Crippen molar-refractivity contribution in [1.29, 1.82) is 0 Å². The summed E-state index contributed by atoms with van der Waals surface area (Å²) in [4.78, 5) is 14.8. The summed E-state index contributed by atoms with van der Waals surface area (Å²) in [6, 6.07) is 11.1. The quantitative estimate of drug-likeness (QED) is 0.548. The summed E-state index contributed by atoms with van der Waals surface area (Å²) in [6.45, 7) is 6.02. The monoisotopic (exact) mass is 465 g/mol. The maximum atomic E-state index is 12.5. The van der Waals surface area contributed by atoms with Crippen LogP contribution >= 0.6 is 31.9 Å². The first kappa shape index (κ1) is 18.0. The van der Waals surface area contributed by atoms with E-state index in [4.69, 9.17) is 4.42 Å². The third-order valence-electron chi connectivity index (χ3n) is 4.15. The first-order valence-electron chi connectivity index (χ1n) is 7.96. The standard InChI is InChI=1S/C19H17Br2NO3/c1-3-22(4-2)13-7-5-11(6-8-13)18-17(24)16(23)14-9-12(20)10-15(21)19(14)25-18/h5-10,24H,3-4H2,1-2H3. The SMILES string of the molecule is CCN(CC)c1ccc(-c2oc3c(Br)cc(Br)cc3c(=O)c2O)cc1. The van der Waals surface area contributed by atoms with Crippen molar-refractivity contribution >= 4 is 48.5 Å². The van der Waals surface area contributed by atoms with Gasteiger partial charge in [0.2, 0.25) is 11.2 Å². The number of halogens is 2. The van der Waals surface area contributed by atoms with E-state index >= 15 is 0 Å². The number of fused-ring (bicyclic) bond motifs is 1. The maximum Gasteiger partial charge on any atom is 0.235 e. The molecule has 1 heterocycles. The molecule has 0 unspecified atom stereocenters. The van der Waals surface area contributed by atoms with Gasteiger partial charge in [0.1, 0.15) is 0 Å². The van der Waals surface area contributed by atoms with Crippen molar-refractivity contribution in [2.24, 2.45) is 0 Å². The lowest BCUT2D eigenvalue weighted by Gasteiger charge is -2.21. The molecule has 0 saturated carbocycles. The fourth-order valence-corrected chi connectivity index (χ4v) is 4.13. The molecule has 4 nitrogen and oxygen atoms in total. The lowest BCUT2D eigenvalue weighted by molar-refractivity contribution is 0.449. The van der Waals surface area contributed by atoms with Crippen molar-refractivity contribution in [2.45, 2.75) is 13.8 Å². The molecule has 0 amide bonds. The van der Waals surface area contributed by atoms with Crippen LogP contribution in [-0.2, 0) is 0 Å². The van der Waals surface area contributed by atoms with Crippen LogP contribution in [0, 0.1) is 0 Å². The summed E-state index contributed by atoms with van der Waals surface area (Å²) in [7, 11) is 0. The van der Waals surface area contributed by atoms with E-state index in [1.165, 1.54) is 0 Å². The minimum absolute atomic E-state index is 0.173. The topological polar surface area (TPSA) is 53.7 Å². The first-order chi connectivity index (χ1) is 12.0. The van der Waals surface area contributed by atoms with Crippen molar-refractivity contribution in [3.63, 3.8) is 0 Å². The minimum atomic E-state index is -0.453. The van der Waals surface area contributed by atoms with Gasteiger partial charge < -0.3 is 14.4 Å². The molecule has 0 fully saturated rings. The van der Waals surface area contributed by atoms with E-state index in [1.54, 1.807) is 12.1 Å². The van der Waals surface area contributed by atoms with E-state index in [0.717, 1.165) is 23.2 Å². The molecular formula is C19H17Br2NO3. The van der Waals surface area contributed by atoms with Crippen LogP contribution in [0.3, 0.4) is 0 Å². The van der Waals surface area contributed by atoms with Crippen LogP contribution in [0.25, 0.3) is 22.3 Å². The van der Waals surface area contributed by atoms with Crippen LogP contribution < -0.4 is 10.3 Å². The summed E-state index contributed by atoms with van der Waals surface area (Å²) in [5.41, 5.74) is 1.70. The van der Waals surface area contributed by atoms with Crippen LogP contribution in [0.5, 0.6) is 5.75 Å². The molecule has 0 aliphatic heterocycles. The predicted octanol–water partition coefficient (Wildman–Crippen LogP) is 5.54. The second kappa shape index (κ2) is 7.22. The van der Waals surface area contributed by atoms with Gasteiger partial charge in [-0.25, -0.2) is 0 Å². The zero-order chi connectivity index (χ0) is 18.1. The fourth-order valence-electron chi connectivity index (χ4n) is 2.82.